The number of hydrogen-bond donors (Lipinski definition) is 0. The van der Waals surface area contributed by atoms with Gasteiger partial charge in [0.05, 0.1) is 47.5 Å². The zero-order valence-corrected chi connectivity index (χ0v) is 26.5. The lowest BCUT2D eigenvalue weighted by Crippen LogP contribution is -2.31. The van der Waals surface area contributed by atoms with E-state index in [0.29, 0.717) is 0 Å². The fourth-order valence-electron chi connectivity index (χ4n) is 7.86. The first-order valence-electron chi connectivity index (χ1n) is 16.9. The first kappa shape index (κ1) is 27.3. The molecule has 0 fully saturated rings. The Morgan fingerprint density at radius 3 is 1.23 bits per heavy atom. The molecule has 8 aromatic rings. The number of furan rings is 2. The molecule has 0 unspecified atom stereocenters. The number of rotatable bonds is 7. The van der Waals surface area contributed by atoms with E-state index in [2.05, 4.69) is 141 Å². The Balaban J connectivity index is 0.874. The molecule has 0 radical (unpaired) electrons. The molecule has 0 saturated heterocycles. The van der Waals surface area contributed by atoms with Crippen molar-refractivity contribution in [3.8, 4) is 0 Å². The van der Waals surface area contributed by atoms with Crippen molar-refractivity contribution in [1.29, 1.82) is 0 Å². The molecule has 0 spiro atoms. The van der Waals surface area contributed by atoms with Gasteiger partial charge in [0.1, 0.15) is 11.2 Å². The summed E-state index contributed by atoms with van der Waals surface area (Å²) in [5.74, 6) is 0. The van der Waals surface area contributed by atoms with Gasteiger partial charge in [0.25, 0.3) is 0 Å². The van der Waals surface area contributed by atoms with Crippen molar-refractivity contribution >= 4 is 78.0 Å². The van der Waals surface area contributed by atoms with Crippen LogP contribution in [0.3, 0.4) is 0 Å². The van der Waals surface area contributed by atoms with Crippen molar-refractivity contribution in [1.82, 2.24) is 0 Å². The highest BCUT2D eigenvalue weighted by atomic mass is 16.3. The lowest BCUT2D eigenvalue weighted by molar-refractivity contribution is 0.661. The monoisotopic (exact) mass is 626 g/mol. The van der Waals surface area contributed by atoms with Crippen LogP contribution >= 0.6 is 0 Å². The van der Waals surface area contributed by atoms with E-state index in [0.717, 1.165) is 94.5 Å². The van der Waals surface area contributed by atoms with Crippen LogP contribution in [-0.4, -0.2) is 26.4 Å². The minimum atomic E-state index is 0.803. The van der Waals surface area contributed by atoms with E-state index in [9.17, 15) is 0 Å². The van der Waals surface area contributed by atoms with Crippen molar-refractivity contribution in [2.75, 3.05) is 46.0 Å². The molecule has 0 amide bonds. The van der Waals surface area contributed by atoms with Crippen molar-refractivity contribution < 1.29 is 8.83 Å². The summed E-state index contributed by atoms with van der Waals surface area (Å²) >= 11 is 0. The van der Waals surface area contributed by atoms with Crippen molar-refractivity contribution in [2.24, 2.45) is 0 Å². The maximum absolute atomic E-state index is 6.43. The van der Waals surface area contributed by atoms with Gasteiger partial charge in [0.15, 0.2) is 11.2 Å². The van der Waals surface area contributed by atoms with E-state index in [-0.39, 0.29) is 0 Å². The van der Waals surface area contributed by atoms with Gasteiger partial charge < -0.3 is 28.4 Å². The second-order valence-corrected chi connectivity index (χ2v) is 12.9. The second kappa shape index (κ2) is 10.8. The van der Waals surface area contributed by atoms with Crippen LogP contribution in [0.4, 0.5) is 34.1 Å². The van der Waals surface area contributed by atoms with Crippen LogP contribution in [0.5, 0.6) is 0 Å². The molecule has 2 aliphatic heterocycles. The Hall–Kier alpha value is -5.88. The lowest BCUT2D eigenvalue weighted by atomic mass is 10.1. The maximum atomic E-state index is 6.43. The number of fused-ring (bicyclic) bond motifs is 8. The minimum absolute atomic E-state index is 0.803. The highest BCUT2D eigenvalue weighted by Gasteiger charge is 2.30. The zero-order chi connectivity index (χ0) is 31.6. The molecule has 6 heteroatoms. The largest absolute Gasteiger partial charge is 0.454 e. The van der Waals surface area contributed by atoms with Gasteiger partial charge in [-0.15, -0.1) is 0 Å². The summed E-state index contributed by atoms with van der Waals surface area (Å²) in [6, 6.07) is 47.2. The van der Waals surface area contributed by atoms with Gasteiger partial charge in [0, 0.05) is 34.6 Å². The summed E-state index contributed by atoms with van der Waals surface area (Å²) in [6.07, 6.45) is 2.18. The molecule has 0 N–H and O–H groups in total. The molecule has 10 rings (SSSR count). The molecule has 0 aliphatic carbocycles. The van der Waals surface area contributed by atoms with E-state index in [1.807, 2.05) is 12.1 Å². The number of anilines is 6. The molecule has 234 valence electrons. The third-order valence-electron chi connectivity index (χ3n) is 10.1. The third kappa shape index (κ3) is 4.19. The fourth-order valence-corrected chi connectivity index (χ4v) is 7.86. The van der Waals surface area contributed by atoms with Gasteiger partial charge in [-0.1, -0.05) is 84.9 Å². The summed E-state index contributed by atoms with van der Waals surface area (Å²) in [6.45, 7) is 3.58. The summed E-state index contributed by atoms with van der Waals surface area (Å²) in [4.78, 5) is 9.85. The first-order valence-corrected chi connectivity index (χ1v) is 16.9. The Morgan fingerprint density at radius 1 is 0.375 bits per heavy atom. The molecule has 2 aliphatic rings. The Kier molecular flexibility index (Phi) is 6.16. The van der Waals surface area contributed by atoms with Gasteiger partial charge in [-0.05, 0) is 61.4 Å². The summed E-state index contributed by atoms with van der Waals surface area (Å²) in [5, 5.41) is 4.65. The zero-order valence-electron chi connectivity index (χ0n) is 26.5. The highest BCUT2D eigenvalue weighted by molar-refractivity contribution is 6.11. The van der Waals surface area contributed by atoms with Gasteiger partial charge in [-0.25, -0.2) is 0 Å². The second-order valence-electron chi connectivity index (χ2n) is 12.9. The molecule has 4 heterocycles. The number of hydrogen-bond acceptors (Lipinski definition) is 6. The van der Waals surface area contributed by atoms with Crippen molar-refractivity contribution in [3.05, 3.63) is 133 Å². The number of unbranched alkanes of at least 4 members (excludes halogenated alkanes) is 1. The molecule has 0 atom stereocenters. The van der Waals surface area contributed by atoms with E-state index in [4.69, 9.17) is 8.83 Å². The average molecular weight is 627 g/mol. The molecule has 6 aromatic carbocycles. The molecule has 2 aromatic heterocycles. The standard InChI is InChI=1S/C42H34N4O2/c1-7-23-39-29(13-1)31-15-11-21-37(41(31)47-39)45-27-43(33-17-3-5-19-35(33)45)25-9-10-26-44-28-46(36-20-6-4-18-34(36)44)38-22-12-16-32-30-14-2-8-24-40(30)48-42(32)38/h1-8,11-24H,9-10,25-28H2. The quantitative estimate of drug-likeness (QED) is 0.164. The third-order valence-corrected chi connectivity index (χ3v) is 10.1. The van der Waals surface area contributed by atoms with Crippen LogP contribution in [0.15, 0.2) is 142 Å². The smallest absolute Gasteiger partial charge is 0.159 e. The lowest BCUT2D eigenvalue weighted by Gasteiger charge is -2.24. The normalized spacial score (nSPS) is 14.2. The van der Waals surface area contributed by atoms with Crippen molar-refractivity contribution in [2.45, 2.75) is 12.8 Å². The van der Waals surface area contributed by atoms with E-state index in [1.165, 1.54) is 22.7 Å². The van der Waals surface area contributed by atoms with Gasteiger partial charge in [-0.3, -0.25) is 0 Å². The number of benzene rings is 6. The summed E-state index contributed by atoms with van der Waals surface area (Å²) in [5.41, 5.74) is 11.0. The molecular formula is C42H34N4O2. The summed E-state index contributed by atoms with van der Waals surface area (Å²) in [7, 11) is 0. The van der Waals surface area contributed by atoms with E-state index >= 15 is 0 Å². The van der Waals surface area contributed by atoms with E-state index < -0.39 is 0 Å². The Morgan fingerprint density at radius 2 is 0.750 bits per heavy atom. The van der Waals surface area contributed by atoms with Crippen LogP contribution < -0.4 is 19.6 Å². The molecule has 0 saturated carbocycles. The van der Waals surface area contributed by atoms with Gasteiger partial charge in [0.2, 0.25) is 0 Å². The Labute approximate surface area is 278 Å². The van der Waals surface area contributed by atoms with Crippen LogP contribution in [0.1, 0.15) is 12.8 Å². The molecule has 6 nitrogen and oxygen atoms in total. The predicted molar refractivity (Wildman–Crippen MR) is 198 cm³/mol. The average Bonchev–Trinajstić information content (AvgIpc) is 3.90. The highest BCUT2D eigenvalue weighted by Crippen LogP contribution is 2.46. The summed E-state index contributed by atoms with van der Waals surface area (Å²) < 4.78 is 12.9. The fraction of sp³-hybridized carbons (Fsp3) is 0.143. The van der Waals surface area contributed by atoms with Crippen LogP contribution in [0.2, 0.25) is 0 Å². The molecular weight excluding hydrogens is 592 g/mol. The number of para-hydroxylation sites is 8. The van der Waals surface area contributed by atoms with Gasteiger partial charge in [-0.2, -0.15) is 0 Å². The van der Waals surface area contributed by atoms with Crippen LogP contribution in [-0.2, 0) is 0 Å². The maximum Gasteiger partial charge on any atom is 0.159 e. The van der Waals surface area contributed by atoms with Crippen molar-refractivity contribution in [3.63, 3.8) is 0 Å². The molecule has 0 bridgehead atoms. The van der Waals surface area contributed by atoms with E-state index in [1.54, 1.807) is 0 Å². The Bertz CT molecular complexity index is 2300. The van der Waals surface area contributed by atoms with Crippen LogP contribution in [0.25, 0.3) is 43.9 Å². The van der Waals surface area contributed by atoms with Crippen LogP contribution in [0, 0.1) is 0 Å². The first-order chi connectivity index (χ1) is 23.8. The minimum Gasteiger partial charge on any atom is -0.454 e. The molecule has 48 heavy (non-hydrogen) atoms. The number of nitrogens with zero attached hydrogens (tertiary/aromatic N) is 4. The SMILES string of the molecule is c1ccc2c(c1)N(CCCCN1CN(c3cccc4c3oc3ccccc34)c3ccccc31)CN2c1cccc2c1oc1ccccc12. The van der Waals surface area contributed by atoms with Gasteiger partial charge >= 0.3 is 0 Å². The topological polar surface area (TPSA) is 39.2 Å². The predicted octanol–water partition coefficient (Wildman–Crippen LogP) is 10.8.